The molecule has 19 heavy (non-hydrogen) atoms. The standard InChI is InChI=1S/C16H32N2O/c1-15(2)9-6-8-13(14(15)17-4)18-11-7-10-16(3,12-18)19-5/h13-14,17H,6-12H2,1-5H3. The van der Waals surface area contributed by atoms with Crippen molar-refractivity contribution in [2.75, 3.05) is 27.2 Å². The molecule has 1 N–H and O–H groups in total. The van der Waals surface area contributed by atoms with E-state index in [1.54, 1.807) is 0 Å². The van der Waals surface area contributed by atoms with Gasteiger partial charge >= 0.3 is 0 Å². The maximum atomic E-state index is 5.76. The Labute approximate surface area is 119 Å². The van der Waals surface area contributed by atoms with Gasteiger partial charge in [0, 0.05) is 25.7 Å². The van der Waals surface area contributed by atoms with Crippen LogP contribution in [0.4, 0.5) is 0 Å². The topological polar surface area (TPSA) is 24.5 Å². The fourth-order valence-electron chi connectivity index (χ4n) is 4.28. The molecule has 2 fully saturated rings. The van der Waals surface area contributed by atoms with Gasteiger partial charge in [-0.15, -0.1) is 0 Å². The Morgan fingerprint density at radius 2 is 1.89 bits per heavy atom. The monoisotopic (exact) mass is 268 g/mol. The van der Waals surface area contributed by atoms with Crippen molar-refractivity contribution in [3.63, 3.8) is 0 Å². The van der Waals surface area contributed by atoms with E-state index in [0.717, 1.165) is 6.54 Å². The van der Waals surface area contributed by atoms with Gasteiger partial charge in [0.2, 0.25) is 0 Å². The summed E-state index contributed by atoms with van der Waals surface area (Å²) in [4.78, 5) is 2.69. The summed E-state index contributed by atoms with van der Waals surface area (Å²) in [6.07, 6.45) is 6.48. The van der Waals surface area contributed by atoms with Crippen LogP contribution in [0.5, 0.6) is 0 Å². The third-order valence-electron chi connectivity index (χ3n) is 5.51. The minimum atomic E-state index is 0.0537. The average molecular weight is 268 g/mol. The average Bonchev–Trinajstić information content (AvgIpc) is 2.37. The van der Waals surface area contributed by atoms with Crippen molar-refractivity contribution in [2.45, 2.75) is 70.6 Å². The summed E-state index contributed by atoms with van der Waals surface area (Å²) < 4.78 is 5.76. The zero-order valence-corrected chi connectivity index (χ0v) is 13.5. The van der Waals surface area contributed by atoms with Crippen LogP contribution in [0.2, 0.25) is 0 Å². The Morgan fingerprint density at radius 1 is 1.16 bits per heavy atom. The first kappa shape index (κ1) is 15.3. The first-order valence-corrected chi connectivity index (χ1v) is 7.88. The fourth-order valence-corrected chi connectivity index (χ4v) is 4.28. The van der Waals surface area contributed by atoms with E-state index in [1.165, 1.54) is 38.6 Å². The lowest BCUT2D eigenvalue weighted by Crippen LogP contribution is -2.61. The van der Waals surface area contributed by atoms with Crippen molar-refractivity contribution >= 4 is 0 Å². The van der Waals surface area contributed by atoms with Gasteiger partial charge in [-0.25, -0.2) is 0 Å². The normalized spacial score (nSPS) is 40.3. The quantitative estimate of drug-likeness (QED) is 0.851. The molecule has 3 atom stereocenters. The fraction of sp³-hybridized carbons (Fsp3) is 1.00. The molecule has 1 aliphatic heterocycles. The zero-order valence-electron chi connectivity index (χ0n) is 13.5. The molecular formula is C16H32N2O. The molecule has 2 rings (SSSR count). The van der Waals surface area contributed by atoms with E-state index in [-0.39, 0.29) is 5.60 Å². The molecule has 0 spiro atoms. The highest BCUT2D eigenvalue weighted by Crippen LogP contribution is 2.39. The molecule has 0 aromatic heterocycles. The second-order valence-corrected chi connectivity index (χ2v) is 7.44. The molecule has 1 heterocycles. The second kappa shape index (κ2) is 5.71. The lowest BCUT2D eigenvalue weighted by molar-refractivity contribution is -0.0761. The van der Waals surface area contributed by atoms with E-state index in [1.807, 2.05) is 7.11 Å². The maximum Gasteiger partial charge on any atom is 0.0777 e. The number of hydrogen-bond donors (Lipinski definition) is 1. The molecule has 1 saturated heterocycles. The van der Waals surface area contributed by atoms with Gasteiger partial charge in [0.25, 0.3) is 0 Å². The van der Waals surface area contributed by atoms with Crippen molar-refractivity contribution < 1.29 is 4.74 Å². The number of likely N-dealkylation sites (N-methyl/N-ethyl adjacent to an activating group) is 1. The van der Waals surface area contributed by atoms with Crippen LogP contribution in [0.1, 0.15) is 52.9 Å². The number of hydrogen-bond acceptors (Lipinski definition) is 3. The van der Waals surface area contributed by atoms with Gasteiger partial charge in [-0.3, -0.25) is 4.90 Å². The number of likely N-dealkylation sites (tertiary alicyclic amines) is 1. The number of nitrogens with zero attached hydrogens (tertiary/aromatic N) is 1. The van der Waals surface area contributed by atoms with E-state index in [9.17, 15) is 0 Å². The van der Waals surface area contributed by atoms with Gasteiger partial charge < -0.3 is 10.1 Å². The number of ether oxygens (including phenoxy) is 1. The lowest BCUT2D eigenvalue weighted by Gasteiger charge is -2.51. The smallest absolute Gasteiger partial charge is 0.0777 e. The molecule has 3 heteroatoms. The van der Waals surface area contributed by atoms with E-state index >= 15 is 0 Å². The Bertz CT molecular complexity index is 305. The van der Waals surface area contributed by atoms with Crippen LogP contribution in [0.3, 0.4) is 0 Å². The van der Waals surface area contributed by atoms with Crippen LogP contribution in [0, 0.1) is 5.41 Å². The highest BCUT2D eigenvalue weighted by molar-refractivity contribution is 5.00. The van der Waals surface area contributed by atoms with Crippen LogP contribution in [-0.2, 0) is 4.74 Å². The van der Waals surface area contributed by atoms with Gasteiger partial charge in [0.15, 0.2) is 0 Å². The molecule has 0 aromatic carbocycles. The number of rotatable bonds is 3. The summed E-state index contributed by atoms with van der Waals surface area (Å²) in [6.45, 7) is 9.42. The minimum absolute atomic E-state index is 0.0537. The molecule has 112 valence electrons. The van der Waals surface area contributed by atoms with Crippen LogP contribution < -0.4 is 5.32 Å². The molecule has 2 aliphatic rings. The number of piperidine rings is 1. The predicted octanol–water partition coefficient (Wildman–Crippen LogP) is 2.65. The summed E-state index contributed by atoms with van der Waals surface area (Å²) in [5, 5.41) is 3.60. The molecular weight excluding hydrogens is 236 g/mol. The Morgan fingerprint density at radius 3 is 2.53 bits per heavy atom. The molecule has 0 bridgehead atoms. The Hall–Kier alpha value is -0.120. The highest BCUT2D eigenvalue weighted by Gasteiger charge is 2.43. The van der Waals surface area contributed by atoms with Crippen LogP contribution in [0.15, 0.2) is 0 Å². The SMILES string of the molecule is CNC1C(N2CCCC(C)(OC)C2)CCCC1(C)C. The summed E-state index contributed by atoms with van der Waals surface area (Å²) in [5.41, 5.74) is 0.455. The molecule has 1 saturated carbocycles. The van der Waals surface area contributed by atoms with Crippen molar-refractivity contribution in [2.24, 2.45) is 5.41 Å². The van der Waals surface area contributed by atoms with Crippen molar-refractivity contribution in [3.05, 3.63) is 0 Å². The van der Waals surface area contributed by atoms with Gasteiger partial charge in [0.05, 0.1) is 5.60 Å². The van der Waals surface area contributed by atoms with Gasteiger partial charge in [-0.1, -0.05) is 20.3 Å². The zero-order chi connectivity index (χ0) is 14.1. The summed E-state index contributed by atoms with van der Waals surface area (Å²) in [7, 11) is 3.99. The first-order valence-electron chi connectivity index (χ1n) is 7.88. The lowest BCUT2D eigenvalue weighted by atomic mass is 9.70. The third-order valence-corrected chi connectivity index (χ3v) is 5.51. The largest absolute Gasteiger partial charge is 0.377 e. The first-order chi connectivity index (χ1) is 8.92. The highest BCUT2D eigenvalue weighted by atomic mass is 16.5. The van der Waals surface area contributed by atoms with E-state index in [4.69, 9.17) is 4.74 Å². The number of methoxy groups -OCH3 is 1. The summed E-state index contributed by atoms with van der Waals surface area (Å²) in [5.74, 6) is 0. The van der Waals surface area contributed by atoms with E-state index in [2.05, 4.69) is 38.0 Å². The molecule has 3 nitrogen and oxygen atoms in total. The summed E-state index contributed by atoms with van der Waals surface area (Å²) >= 11 is 0. The van der Waals surface area contributed by atoms with Crippen LogP contribution in [-0.4, -0.2) is 49.8 Å². The Kier molecular flexibility index (Phi) is 4.59. The molecule has 1 aliphatic carbocycles. The van der Waals surface area contributed by atoms with Crippen molar-refractivity contribution in [1.82, 2.24) is 10.2 Å². The third kappa shape index (κ3) is 3.14. The maximum absolute atomic E-state index is 5.76. The Balaban J connectivity index is 2.11. The van der Waals surface area contributed by atoms with Crippen LogP contribution in [0.25, 0.3) is 0 Å². The van der Waals surface area contributed by atoms with Gasteiger partial charge in [-0.2, -0.15) is 0 Å². The van der Waals surface area contributed by atoms with Crippen molar-refractivity contribution in [3.8, 4) is 0 Å². The van der Waals surface area contributed by atoms with Gasteiger partial charge in [0.1, 0.15) is 0 Å². The summed E-state index contributed by atoms with van der Waals surface area (Å²) in [6, 6.07) is 1.27. The predicted molar refractivity (Wildman–Crippen MR) is 80.5 cm³/mol. The minimum Gasteiger partial charge on any atom is -0.377 e. The molecule has 0 aromatic rings. The molecule has 3 unspecified atom stereocenters. The van der Waals surface area contributed by atoms with E-state index in [0.29, 0.717) is 17.5 Å². The van der Waals surface area contributed by atoms with Crippen LogP contribution >= 0.6 is 0 Å². The molecule has 0 amide bonds. The van der Waals surface area contributed by atoms with Gasteiger partial charge in [-0.05, 0) is 51.6 Å². The van der Waals surface area contributed by atoms with Crippen molar-refractivity contribution in [1.29, 1.82) is 0 Å². The second-order valence-electron chi connectivity index (χ2n) is 7.44. The number of nitrogens with one attached hydrogen (secondary N) is 1. The molecule has 0 radical (unpaired) electrons. The van der Waals surface area contributed by atoms with E-state index < -0.39 is 0 Å².